The topological polar surface area (TPSA) is 42.6 Å². The number of fused-ring (bicyclic) bond motifs is 1. The molecular formula is C18H18O3. The van der Waals surface area contributed by atoms with E-state index in [-0.39, 0.29) is 0 Å². The van der Waals surface area contributed by atoms with E-state index in [4.69, 9.17) is 9.15 Å². The quantitative estimate of drug-likeness (QED) is 0.777. The fourth-order valence-electron chi connectivity index (χ4n) is 2.61. The molecule has 3 rings (SSSR count). The van der Waals surface area contributed by atoms with Gasteiger partial charge in [0.2, 0.25) is 0 Å². The maximum atomic E-state index is 10.3. The zero-order chi connectivity index (χ0) is 14.7. The standard InChI is InChI=1S/C18H18O3/c1-20-16-8-7-13-4-2-5-14(18(13)12-16)10-15(19)11-17-6-3-9-21-17/h2-9,12,15,19H,10-11H2,1H3. The van der Waals surface area contributed by atoms with E-state index in [1.807, 2.05) is 42.5 Å². The number of hydrogen-bond donors (Lipinski definition) is 1. The molecular weight excluding hydrogens is 264 g/mol. The highest BCUT2D eigenvalue weighted by Gasteiger charge is 2.11. The molecule has 3 aromatic rings. The van der Waals surface area contributed by atoms with Gasteiger partial charge < -0.3 is 14.3 Å². The molecule has 0 aliphatic carbocycles. The van der Waals surface area contributed by atoms with Crippen LogP contribution in [0, 0.1) is 0 Å². The van der Waals surface area contributed by atoms with Gasteiger partial charge in [-0.3, -0.25) is 0 Å². The van der Waals surface area contributed by atoms with E-state index >= 15 is 0 Å². The van der Waals surface area contributed by atoms with Crippen molar-refractivity contribution in [3.8, 4) is 5.75 Å². The molecule has 3 nitrogen and oxygen atoms in total. The molecule has 1 N–H and O–H groups in total. The van der Waals surface area contributed by atoms with Crippen LogP contribution in [0.25, 0.3) is 10.8 Å². The normalized spacial score (nSPS) is 12.5. The molecule has 0 spiro atoms. The maximum absolute atomic E-state index is 10.3. The van der Waals surface area contributed by atoms with Crippen LogP contribution in [-0.4, -0.2) is 18.3 Å². The minimum atomic E-state index is -0.465. The predicted octanol–water partition coefficient (Wildman–Crippen LogP) is 3.59. The van der Waals surface area contributed by atoms with Gasteiger partial charge in [-0.2, -0.15) is 0 Å². The molecule has 0 aliphatic heterocycles. The van der Waals surface area contributed by atoms with Crippen LogP contribution in [0.5, 0.6) is 5.75 Å². The van der Waals surface area contributed by atoms with Crippen molar-refractivity contribution < 1.29 is 14.3 Å². The van der Waals surface area contributed by atoms with Crippen LogP contribution in [-0.2, 0) is 12.8 Å². The van der Waals surface area contributed by atoms with Crippen LogP contribution in [0.2, 0.25) is 0 Å². The SMILES string of the molecule is COc1ccc2cccc(CC(O)Cc3ccco3)c2c1. The second-order valence-corrected chi connectivity index (χ2v) is 5.15. The van der Waals surface area contributed by atoms with Gasteiger partial charge in [-0.1, -0.05) is 24.3 Å². The Kier molecular flexibility index (Phi) is 3.93. The van der Waals surface area contributed by atoms with Gasteiger partial charge in [0.25, 0.3) is 0 Å². The molecule has 0 saturated heterocycles. The van der Waals surface area contributed by atoms with Crippen molar-refractivity contribution in [2.75, 3.05) is 7.11 Å². The summed E-state index contributed by atoms with van der Waals surface area (Å²) in [4.78, 5) is 0. The lowest BCUT2D eigenvalue weighted by atomic mass is 9.98. The number of hydrogen-bond acceptors (Lipinski definition) is 3. The molecule has 1 aromatic heterocycles. The van der Waals surface area contributed by atoms with Crippen molar-refractivity contribution in [1.82, 2.24) is 0 Å². The molecule has 0 saturated carbocycles. The lowest BCUT2D eigenvalue weighted by molar-refractivity contribution is 0.168. The van der Waals surface area contributed by atoms with Gasteiger partial charge in [-0.25, -0.2) is 0 Å². The molecule has 0 aliphatic rings. The van der Waals surface area contributed by atoms with E-state index in [0.29, 0.717) is 12.8 Å². The number of ether oxygens (including phenoxy) is 1. The second kappa shape index (κ2) is 6.02. The van der Waals surface area contributed by atoms with Crippen LogP contribution in [0.15, 0.2) is 59.2 Å². The monoisotopic (exact) mass is 282 g/mol. The molecule has 108 valence electrons. The Morgan fingerprint density at radius 2 is 2.00 bits per heavy atom. The highest BCUT2D eigenvalue weighted by Crippen LogP contribution is 2.25. The third kappa shape index (κ3) is 3.09. The van der Waals surface area contributed by atoms with E-state index in [9.17, 15) is 5.11 Å². The number of methoxy groups -OCH3 is 1. The van der Waals surface area contributed by atoms with Gasteiger partial charge in [-0.05, 0) is 47.0 Å². The summed E-state index contributed by atoms with van der Waals surface area (Å²) in [6.45, 7) is 0. The Hall–Kier alpha value is -2.26. The summed E-state index contributed by atoms with van der Waals surface area (Å²) in [7, 11) is 1.66. The molecule has 0 amide bonds. The van der Waals surface area contributed by atoms with Crippen LogP contribution in [0.3, 0.4) is 0 Å². The molecule has 1 heterocycles. The summed E-state index contributed by atoms with van der Waals surface area (Å²) in [5.74, 6) is 1.63. The van der Waals surface area contributed by atoms with Gasteiger partial charge in [0.1, 0.15) is 11.5 Å². The fourth-order valence-corrected chi connectivity index (χ4v) is 2.61. The van der Waals surface area contributed by atoms with Crippen molar-refractivity contribution in [3.63, 3.8) is 0 Å². The van der Waals surface area contributed by atoms with Gasteiger partial charge in [0.05, 0.1) is 19.5 Å². The molecule has 1 atom stereocenters. The summed E-state index contributed by atoms with van der Waals surface area (Å²) >= 11 is 0. The molecule has 3 heteroatoms. The first-order chi connectivity index (χ1) is 10.3. The summed E-state index contributed by atoms with van der Waals surface area (Å²) in [6.07, 6.45) is 2.27. The lowest BCUT2D eigenvalue weighted by Gasteiger charge is -2.12. The van der Waals surface area contributed by atoms with Crippen LogP contribution < -0.4 is 4.74 Å². The minimum Gasteiger partial charge on any atom is -0.497 e. The summed E-state index contributed by atoms with van der Waals surface area (Å²) in [5, 5.41) is 12.5. The average molecular weight is 282 g/mol. The zero-order valence-electron chi connectivity index (χ0n) is 12.0. The summed E-state index contributed by atoms with van der Waals surface area (Å²) < 4.78 is 10.6. The summed E-state index contributed by atoms with van der Waals surface area (Å²) in [5.41, 5.74) is 1.12. The molecule has 0 bridgehead atoms. The minimum absolute atomic E-state index is 0.465. The molecule has 21 heavy (non-hydrogen) atoms. The van der Waals surface area contributed by atoms with Crippen molar-refractivity contribution in [1.29, 1.82) is 0 Å². The Balaban J connectivity index is 1.85. The van der Waals surface area contributed by atoms with E-state index in [1.165, 1.54) is 0 Å². The highest BCUT2D eigenvalue weighted by molar-refractivity contribution is 5.87. The van der Waals surface area contributed by atoms with Crippen LogP contribution in [0.1, 0.15) is 11.3 Å². The molecule has 1 unspecified atom stereocenters. The maximum Gasteiger partial charge on any atom is 0.119 e. The summed E-state index contributed by atoms with van der Waals surface area (Å²) in [6, 6.07) is 15.9. The Morgan fingerprint density at radius 1 is 1.10 bits per heavy atom. The highest BCUT2D eigenvalue weighted by atomic mass is 16.5. The van der Waals surface area contributed by atoms with Crippen molar-refractivity contribution in [2.24, 2.45) is 0 Å². The molecule has 2 aromatic carbocycles. The van der Waals surface area contributed by atoms with E-state index < -0.39 is 6.10 Å². The van der Waals surface area contributed by atoms with E-state index in [1.54, 1.807) is 13.4 Å². The number of furan rings is 1. The number of benzene rings is 2. The van der Waals surface area contributed by atoms with Gasteiger partial charge in [-0.15, -0.1) is 0 Å². The Bertz CT molecular complexity index is 716. The lowest BCUT2D eigenvalue weighted by Crippen LogP contribution is -2.13. The average Bonchev–Trinajstić information content (AvgIpc) is 3.00. The van der Waals surface area contributed by atoms with Crippen molar-refractivity contribution >= 4 is 10.8 Å². The van der Waals surface area contributed by atoms with E-state index in [2.05, 4.69) is 6.07 Å². The third-order valence-electron chi connectivity index (χ3n) is 3.65. The van der Waals surface area contributed by atoms with Crippen molar-refractivity contribution in [2.45, 2.75) is 18.9 Å². The Morgan fingerprint density at radius 3 is 2.76 bits per heavy atom. The third-order valence-corrected chi connectivity index (χ3v) is 3.65. The largest absolute Gasteiger partial charge is 0.497 e. The first kappa shape index (κ1) is 13.7. The van der Waals surface area contributed by atoms with Crippen molar-refractivity contribution in [3.05, 3.63) is 66.1 Å². The Labute approximate surface area is 123 Å². The number of rotatable bonds is 5. The number of aliphatic hydroxyl groups excluding tert-OH is 1. The fraction of sp³-hybridized carbons (Fsp3) is 0.222. The van der Waals surface area contributed by atoms with Crippen LogP contribution in [0.4, 0.5) is 0 Å². The van der Waals surface area contributed by atoms with Gasteiger partial charge >= 0.3 is 0 Å². The number of aliphatic hydroxyl groups is 1. The zero-order valence-corrected chi connectivity index (χ0v) is 12.0. The molecule has 0 fully saturated rings. The van der Waals surface area contributed by atoms with Crippen LogP contribution >= 0.6 is 0 Å². The predicted molar refractivity (Wildman–Crippen MR) is 82.6 cm³/mol. The molecule has 0 radical (unpaired) electrons. The van der Waals surface area contributed by atoms with Gasteiger partial charge in [0.15, 0.2) is 0 Å². The first-order valence-corrected chi connectivity index (χ1v) is 7.02. The second-order valence-electron chi connectivity index (χ2n) is 5.15. The smallest absolute Gasteiger partial charge is 0.119 e. The van der Waals surface area contributed by atoms with E-state index in [0.717, 1.165) is 27.8 Å². The first-order valence-electron chi connectivity index (χ1n) is 7.02. The van der Waals surface area contributed by atoms with Gasteiger partial charge in [0, 0.05) is 6.42 Å².